The minimum atomic E-state index is -0.983. The second kappa shape index (κ2) is 12.1. The highest BCUT2D eigenvalue weighted by atomic mass is 32.2. The summed E-state index contributed by atoms with van der Waals surface area (Å²) in [4.78, 5) is 39.4. The average Bonchev–Trinajstić information content (AvgIpc) is 3.14. The molecule has 2 aromatic rings. The third-order valence-electron chi connectivity index (χ3n) is 5.96. The van der Waals surface area contributed by atoms with Gasteiger partial charge in [-0.1, -0.05) is 68.1 Å². The van der Waals surface area contributed by atoms with Crippen molar-refractivity contribution in [3.05, 3.63) is 71.3 Å². The van der Waals surface area contributed by atoms with E-state index in [0.29, 0.717) is 12.2 Å². The summed E-state index contributed by atoms with van der Waals surface area (Å²) >= 11 is 1.20. The van der Waals surface area contributed by atoms with Gasteiger partial charge in [0.25, 0.3) is 0 Å². The lowest BCUT2D eigenvalue weighted by Gasteiger charge is -2.26. The van der Waals surface area contributed by atoms with E-state index in [1.54, 1.807) is 0 Å². The van der Waals surface area contributed by atoms with E-state index in [0.717, 1.165) is 18.1 Å². The quantitative estimate of drug-likeness (QED) is 0.535. The molecule has 0 radical (unpaired) electrons. The van der Waals surface area contributed by atoms with Crippen molar-refractivity contribution in [3.63, 3.8) is 0 Å². The number of benzene rings is 2. The summed E-state index contributed by atoms with van der Waals surface area (Å²) in [6.07, 6.45) is 1.46. The fourth-order valence-electron chi connectivity index (χ4n) is 4.02. The number of thioether (sulfide) groups is 1. The Hall–Kier alpha value is -2.74. The zero-order valence-corrected chi connectivity index (χ0v) is 20.2. The van der Waals surface area contributed by atoms with Crippen LogP contribution in [0.1, 0.15) is 44.2 Å². The maximum Gasteiger partial charge on any atom is 0.223 e. The van der Waals surface area contributed by atoms with Crippen LogP contribution in [0.25, 0.3) is 0 Å². The summed E-state index contributed by atoms with van der Waals surface area (Å²) in [5.74, 6) is -1.96. The van der Waals surface area contributed by atoms with Gasteiger partial charge in [0, 0.05) is 36.7 Å². The first-order valence-corrected chi connectivity index (χ1v) is 12.5. The molecule has 1 aliphatic heterocycles. The van der Waals surface area contributed by atoms with E-state index >= 15 is 0 Å². The molecule has 1 aliphatic rings. The van der Waals surface area contributed by atoms with E-state index in [9.17, 15) is 23.2 Å². The first-order chi connectivity index (χ1) is 16.3. The van der Waals surface area contributed by atoms with Crippen molar-refractivity contribution in [1.29, 1.82) is 0 Å². The van der Waals surface area contributed by atoms with Gasteiger partial charge in [0.05, 0.1) is 0 Å². The molecule has 0 aliphatic carbocycles. The number of likely N-dealkylation sites (tertiary alicyclic amines) is 1. The first kappa shape index (κ1) is 25.9. The molecule has 1 heterocycles. The maximum absolute atomic E-state index is 14.1. The molecule has 3 rings (SSSR count). The van der Waals surface area contributed by atoms with E-state index in [1.807, 2.05) is 44.2 Å². The molecule has 1 N–H and O–H groups in total. The molecule has 8 heteroatoms. The van der Waals surface area contributed by atoms with Crippen LogP contribution >= 0.6 is 11.8 Å². The number of amides is 2. The first-order valence-electron chi connectivity index (χ1n) is 11.5. The Labute approximate surface area is 203 Å². The third-order valence-corrected chi connectivity index (χ3v) is 6.91. The molecule has 1 fully saturated rings. The molecule has 5 nitrogen and oxygen atoms in total. The van der Waals surface area contributed by atoms with Crippen LogP contribution in [0.5, 0.6) is 0 Å². The topological polar surface area (TPSA) is 66.5 Å². The lowest BCUT2D eigenvalue weighted by atomic mass is 10.0. The van der Waals surface area contributed by atoms with Crippen LogP contribution in [0.15, 0.2) is 48.5 Å². The standard InChI is InChI=1S/C26H30F2N2O3S/c1-17(2)25(26(33)34-14-13-18-7-4-3-5-8-18)29-22(31)15-20-11-12-23(32)30(20)16-19-9-6-10-21(27)24(19)28/h3-10,17,20,25H,11-16H2,1-2H3,(H,29,31)/t20-,25-/m0/s1. The zero-order valence-electron chi connectivity index (χ0n) is 19.4. The Bertz CT molecular complexity index is 1020. The Morgan fingerprint density at radius 1 is 1.12 bits per heavy atom. The van der Waals surface area contributed by atoms with Gasteiger partial charge in [0.1, 0.15) is 6.04 Å². The second-order valence-corrected chi connectivity index (χ2v) is 9.92. The number of hydrogen-bond donors (Lipinski definition) is 1. The number of rotatable bonds is 10. The van der Waals surface area contributed by atoms with Gasteiger partial charge in [-0.2, -0.15) is 0 Å². The Morgan fingerprint density at radius 2 is 1.85 bits per heavy atom. The molecule has 0 saturated carbocycles. The van der Waals surface area contributed by atoms with Gasteiger partial charge in [0.2, 0.25) is 16.9 Å². The van der Waals surface area contributed by atoms with Crippen molar-refractivity contribution in [3.8, 4) is 0 Å². The molecule has 0 spiro atoms. The number of carbonyl (C=O) groups excluding carboxylic acids is 3. The van der Waals surface area contributed by atoms with Gasteiger partial charge in [-0.3, -0.25) is 14.4 Å². The molecular weight excluding hydrogens is 458 g/mol. The van der Waals surface area contributed by atoms with Gasteiger partial charge in [0.15, 0.2) is 11.6 Å². The molecule has 0 aromatic heterocycles. The highest BCUT2D eigenvalue weighted by Gasteiger charge is 2.34. The van der Waals surface area contributed by atoms with Crippen molar-refractivity contribution in [1.82, 2.24) is 10.2 Å². The minimum absolute atomic E-state index is 0.00779. The smallest absolute Gasteiger partial charge is 0.223 e. The molecule has 1 saturated heterocycles. The SMILES string of the molecule is CC(C)[C@H](NC(=O)C[C@@H]1CCC(=O)N1Cc1cccc(F)c1F)C(=O)SCCc1ccccc1. The third kappa shape index (κ3) is 6.88. The Balaban J connectivity index is 1.56. The van der Waals surface area contributed by atoms with Crippen LogP contribution in [0.2, 0.25) is 0 Å². The fourth-order valence-corrected chi connectivity index (χ4v) is 5.07. The molecule has 2 amide bonds. The number of nitrogens with zero attached hydrogens (tertiary/aromatic N) is 1. The van der Waals surface area contributed by atoms with Gasteiger partial charge in [-0.15, -0.1) is 0 Å². The van der Waals surface area contributed by atoms with E-state index in [-0.39, 0.29) is 47.8 Å². The van der Waals surface area contributed by atoms with Crippen LogP contribution in [-0.4, -0.2) is 39.7 Å². The van der Waals surface area contributed by atoms with Gasteiger partial charge < -0.3 is 10.2 Å². The van der Waals surface area contributed by atoms with Crippen LogP contribution in [0.4, 0.5) is 8.78 Å². The van der Waals surface area contributed by atoms with Crippen LogP contribution < -0.4 is 5.32 Å². The predicted octanol–water partition coefficient (Wildman–Crippen LogP) is 4.49. The average molecular weight is 489 g/mol. The number of carbonyl (C=O) groups is 3. The monoisotopic (exact) mass is 488 g/mol. The molecular formula is C26H30F2N2O3S. The summed E-state index contributed by atoms with van der Waals surface area (Å²) in [5, 5.41) is 2.73. The lowest BCUT2D eigenvalue weighted by molar-refractivity contribution is -0.131. The van der Waals surface area contributed by atoms with E-state index in [1.165, 1.54) is 28.8 Å². The van der Waals surface area contributed by atoms with E-state index in [2.05, 4.69) is 5.32 Å². The highest BCUT2D eigenvalue weighted by molar-refractivity contribution is 8.13. The van der Waals surface area contributed by atoms with Crippen LogP contribution in [-0.2, 0) is 27.3 Å². The normalized spacial score (nSPS) is 16.7. The Morgan fingerprint density at radius 3 is 2.56 bits per heavy atom. The van der Waals surface area contributed by atoms with Crippen molar-refractivity contribution < 1.29 is 23.2 Å². The van der Waals surface area contributed by atoms with Crippen molar-refractivity contribution in [2.45, 2.75) is 58.2 Å². The second-order valence-electron chi connectivity index (χ2n) is 8.82. The summed E-state index contributed by atoms with van der Waals surface area (Å²) in [6.45, 7) is 3.65. The minimum Gasteiger partial charge on any atom is -0.345 e. The molecule has 34 heavy (non-hydrogen) atoms. The van der Waals surface area contributed by atoms with E-state index < -0.39 is 23.7 Å². The van der Waals surface area contributed by atoms with Crippen LogP contribution in [0.3, 0.4) is 0 Å². The molecule has 2 atom stereocenters. The van der Waals surface area contributed by atoms with Crippen molar-refractivity contribution in [2.75, 3.05) is 5.75 Å². The summed E-state index contributed by atoms with van der Waals surface area (Å²) in [6, 6.07) is 12.7. The molecule has 0 unspecified atom stereocenters. The molecule has 182 valence electrons. The number of hydrogen-bond acceptors (Lipinski definition) is 4. The summed E-state index contributed by atoms with van der Waals surface area (Å²) < 4.78 is 27.7. The molecule has 2 aromatic carbocycles. The van der Waals surface area contributed by atoms with Gasteiger partial charge in [-0.25, -0.2) is 8.78 Å². The lowest BCUT2D eigenvalue weighted by Crippen LogP contribution is -2.45. The molecule has 0 bridgehead atoms. The maximum atomic E-state index is 14.1. The fraction of sp³-hybridized carbons (Fsp3) is 0.423. The van der Waals surface area contributed by atoms with E-state index in [4.69, 9.17) is 0 Å². The number of aryl methyl sites for hydroxylation is 1. The highest BCUT2D eigenvalue weighted by Crippen LogP contribution is 2.25. The van der Waals surface area contributed by atoms with Crippen molar-refractivity contribution in [2.24, 2.45) is 5.92 Å². The number of nitrogens with one attached hydrogen (secondary N) is 1. The summed E-state index contributed by atoms with van der Waals surface area (Å²) in [5.41, 5.74) is 1.22. The largest absolute Gasteiger partial charge is 0.345 e. The number of halogens is 2. The van der Waals surface area contributed by atoms with Crippen molar-refractivity contribution >= 4 is 28.7 Å². The Kier molecular flexibility index (Phi) is 9.21. The van der Waals surface area contributed by atoms with Gasteiger partial charge in [-0.05, 0) is 30.4 Å². The zero-order chi connectivity index (χ0) is 24.7. The predicted molar refractivity (Wildman–Crippen MR) is 129 cm³/mol. The van der Waals surface area contributed by atoms with Crippen LogP contribution in [0, 0.1) is 17.6 Å². The van der Waals surface area contributed by atoms with Gasteiger partial charge >= 0.3 is 0 Å². The summed E-state index contributed by atoms with van der Waals surface area (Å²) in [7, 11) is 0.